The van der Waals surface area contributed by atoms with Gasteiger partial charge in [0.1, 0.15) is 11.5 Å². The Hall–Kier alpha value is -1.36. The van der Waals surface area contributed by atoms with Crippen LogP contribution in [0.4, 0.5) is 0 Å². The SMILES string of the molecule is Cc1cc(C#CC(C)(C)C)nc(C)n1. The molecule has 1 heterocycles. The molecule has 0 aliphatic rings. The molecule has 0 amide bonds. The third-order valence-electron chi connectivity index (χ3n) is 1.53. The molecule has 0 N–H and O–H groups in total. The molecular weight excluding hydrogens is 172 g/mol. The predicted octanol–water partition coefficient (Wildman–Crippen LogP) is 2.49. The van der Waals surface area contributed by atoms with Crippen LogP contribution in [-0.2, 0) is 0 Å². The van der Waals surface area contributed by atoms with E-state index in [0.717, 1.165) is 17.2 Å². The summed E-state index contributed by atoms with van der Waals surface area (Å²) in [6, 6.07) is 1.91. The summed E-state index contributed by atoms with van der Waals surface area (Å²) in [7, 11) is 0. The fraction of sp³-hybridized carbons (Fsp3) is 0.500. The molecular formula is C12H16N2. The summed E-state index contributed by atoms with van der Waals surface area (Å²) < 4.78 is 0. The van der Waals surface area contributed by atoms with Crippen LogP contribution in [0.1, 0.15) is 38.0 Å². The molecule has 0 spiro atoms. The van der Waals surface area contributed by atoms with Gasteiger partial charge in [0, 0.05) is 11.1 Å². The van der Waals surface area contributed by atoms with Gasteiger partial charge in [-0.1, -0.05) is 5.92 Å². The lowest BCUT2D eigenvalue weighted by Crippen LogP contribution is -2.00. The Labute approximate surface area is 85.8 Å². The maximum Gasteiger partial charge on any atom is 0.126 e. The minimum absolute atomic E-state index is 0.0206. The quantitative estimate of drug-likeness (QED) is 0.584. The third kappa shape index (κ3) is 3.57. The molecule has 0 atom stereocenters. The minimum Gasteiger partial charge on any atom is -0.238 e. The van der Waals surface area contributed by atoms with Crippen molar-refractivity contribution in [2.45, 2.75) is 34.6 Å². The average Bonchev–Trinajstić information content (AvgIpc) is 1.97. The maximum atomic E-state index is 4.25. The van der Waals surface area contributed by atoms with Crippen molar-refractivity contribution in [3.8, 4) is 11.8 Å². The van der Waals surface area contributed by atoms with E-state index in [1.807, 2.05) is 19.9 Å². The fourth-order valence-electron chi connectivity index (χ4n) is 1.03. The highest BCUT2D eigenvalue weighted by Gasteiger charge is 2.03. The standard InChI is InChI=1S/C12H16N2/c1-9-8-11(14-10(2)13-9)6-7-12(3,4)5/h8H,1-5H3. The first kappa shape index (κ1) is 10.7. The normalized spacial score (nSPS) is 10.6. The van der Waals surface area contributed by atoms with E-state index in [4.69, 9.17) is 0 Å². The number of hydrogen-bond acceptors (Lipinski definition) is 2. The summed E-state index contributed by atoms with van der Waals surface area (Å²) in [6.45, 7) is 10.1. The highest BCUT2D eigenvalue weighted by atomic mass is 14.9. The summed E-state index contributed by atoms with van der Waals surface area (Å²) in [5.74, 6) is 7.00. The van der Waals surface area contributed by atoms with E-state index in [1.165, 1.54) is 0 Å². The van der Waals surface area contributed by atoms with Crippen LogP contribution in [0.2, 0.25) is 0 Å². The molecule has 0 radical (unpaired) electrons. The molecule has 2 heteroatoms. The van der Waals surface area contributed by atoms with Crippen LogP contribution in [0, 0.1) is 31.1 Å². The van der Waals surface area contributed by atoms with Crippen molar-refractivity contribution in [3.05, 3.63) is 23.3 Å². The van der Waals surface area contributed by atoms with Gasteiger partial charge in [-0.15, -0.1) is 0 Å². The van der Waals surface area contributed by atoms with Crippen LogP contribution in [0.25, 0.3) is 0 Å². The lowest BCUT2D eigenvalue weighted by molar-refractivity contribution is 0.571. The molecule has 14 heavy (non-hydrogen) atoms. The monoisotopic (exact) mass is 188 g/mol. The summed E-state index contributed by atoms with van der Waals surface area (Å²) in [4.78, 5) is 8.45. The van der Waals surface area contributed by atoms with Gasteiger partial charge in [-0.3, -0.25) is 0 Å². The van der Waals surface area contributed by atoms with Crippen molar-refractivity contribution >= 4 is 0 Å². The Morgan fingerprint density at radius 3 is 2.29 bits per heavy atom. The van der Waals surface area contributed by atoms with E-state index in [0.29, 0.717) is 0 Å². The van der Waals surface area contributed by atoms with E-state index in [9.17, 15) is 0 Å². The molecule has 0 saturated heterocycles. The van der Waals surface area contributed by atoms with Crippen LogP contribution in [0.15, 0.2) is 6.07 Å². The van der Waals surface area contributed by atoms with Crippen LogP contribution in [0.3, 0.4) is 0 Å². The fourth-order valence-corrected chi connectivity index (χ4v) is 1.03. The molecule has 0 fully saturated rings. The average molecular weight is 188 g/mol. The van der Waals surface area contributed by atoms with Gasteiger partial charge in [0.15, 0.2) is 0 Å². The lowest BCUT2D eigenvalue weighted by Gasteiger charge is -2.06. The molecule has 0 aromatic carbocycles. The molecule has 0 aliphatic carbocycles. The molecule has 0 aliphatic heterocycles. The number of aromatic nitrogens is 2. The zero-order chi connectivity index (χ0) is 10.8. The van der Waals surface area contributed by atoms with E-state index < -0.39 is 0 Å². The van der Waals surface area contributed by atoms with E-state index in [2.05, 4.69) is 42.6 Å². The molecule has 1 aromatic rings. The Kier molecular flexibility index (Phi) is 2.90. The topological polar surface area (TPSA) is 25.8 Å². The van der Waals surface area contributed by atoms with Gasteiger partial charge >= 0.3 is 0 Å². The second-order valence-electron chi connectivity index (χ2n) is 4.44. The highest BCUT2D eigenvalue weighted by molar-refractivity contribution is 5.30. The van der Waals surface area contributed by atoms with Gasteiger partial charge in [0.05, 0.1) is 0 Å². The van der Waals surface area contributed by atoms with Gasteiger partial charge in [-0.2, -0.15) is 0 Å². The summed E-state index contributed by atoms with van der Waals surface area (Å²) in [6.07, 6.45) is 0. The van der Waals surface area contributed by atoms with Crippen molar-refractivity contribution in [1.29, 1.82) is 0 Å². The Bertz CT molecular complexity index is 369. The zero-order valence-corrected chi connectivity index (χ0v) is 9.47. The predicted molar refractivity (Wildman–Crippen MR) is 57.8 cm³/mol. The van der Waals surface area contributed by atoms with E-state index in [1.54, 1.807) is 0 Å². The minimum atomic E-state index is 0.0206. The molecule has 2 nitrogen and oxygen atoms in total. The molecule has 0 saturated carbocycles. The summed E-state index contributed by atoms with van der Waals surface area (Å²) in [5.41, 5.74) is 1.80. The van der Waals surface area contributed by atoms with Crippen molar-refractivity contribution < 1.29 is 0 Å². The molecule has 74 valence electrons. The smallest absolute Gasteiger partial charge is 0.126 e. The molecule has 0 bridgehead atoms. The first-order valence-corrected chi connectivity index (χ1v) is 4.72. The number of nitrogens with zero attached hydrogens (tertiary/aromatic N) is 2. The Balaban J connectivity index is 3.02. The Morgan fingerprint density at radius 2 is 1.79 bits per heavy atom. The van der Waals surface area contributed by atoms with Crippen molar-refractivity contribution in [2.75, 3.05) is 0 Å². The first-order chi connectivity index (χ1) is 6.37. The van der Waals surface area contributed by atoms with Gasteiger partial charge in [-0.25, -0.2) is 9.97 Å². The van der Waals surface area contributed by atoms with Crippen LogP contribution < -0.4 is 0 Å². The van der Waals surface area contributed by atoms with Crippen LogP contribution in [0.5, 0.6) is 0 Å². The second kappa shape index (κ2) is 3.79. The molecule has 1 rings (SSSR count). The number of rotatable bonds is 0. The zero-order valence-electron chi connectivity index (χ0n) is 9.47. The summed E-state index contributed by atoms with van der Waals surface area (Å²) >= 11 is 0. The van der Waals surface area contributed by atoms with Crippen molar-refractivity contribution in [2.24, 2.45) is 5.41 Å². The lowest BCUT2D eigenvalue weighted by atomic mass is 9.98. The largest absolute Gasteiger partial charge is 0.238 e. The molecule has 0 unspecified atom stereocenters. The van der Waals surface area contributed by atoms with Crippen molar-refractivity contribution in [1.82, 2.24) is 9.97 Å². The number of aryl methyl sites for hydroxylation is 2. The first-order valence-electron chi connectivity index (χ1n) is 4.72. The van der Waals surface area contributed by atoms with Crippen LogP contribution >= 0.6 is 0 Å². The maximum absolute atomic E-state index is 4.25. The number of hydrogen-bond donors (Lipinski definition) is 0. The summed E-state index contributed by atoms with van der Waals surface area (Å²) in [5, 5.41) is 0. The third-order valence-corrected chi connectivity index (χ3v) is 1.53. The highest BCUT2D eigenvalue weighted by Crippen LogP contribution is 2.10. The van der Waals surface area contributed by atoms with Gasteiger partial charge in [0.2, 0.25) is 0 Å². The van der Waals surface area contributed by atoms with Gasteiger partial charge < -0.3 is 0 Å². The van der Waals surface area contributed by atoms with E-state index in [-0.39, 0.29) is 5.41 Å². The second-order valence-corrected chi connectivity index (χ2v) is 4.44. The molecule has 1 aromatic heterocycles. The van der Waals surface area contributed by atoms with Crippen LogP contribution in [-0.4, -0.2) is 9.97 Å². The van der Waals surface area contributed by atoms with E-state index >= 15 is 0 Å². The van der Waals surface area contributed by atoms with Gasteiger partial charge in [-0.05, 0) is 46.6 Å². The Morgan fingerprint density at radius 1 is 1.14 bits per heavy atom. The van der Waals surface area contributed by atoms with Crippen molar-refractivity contribution in [3.63, 3.8) is 0 Å². The van der Waals surface area contributed by atoms with Gasteiger partial charge in [0.25, 0.3) is 0 Å².